The Balaban J connectivity index is 1.17. The molecular weight excluding hydrogens is 751 g/mol. The van der Waals surface area contributed by atoms with E-state index in [1.165, 1.54) is 91.4 Å². The van der Waals surface area contributed by atoms with Crippen LogP contribution in [-0.4, -0.2) is 23.5 Å². The summed E-state index contributed by atoms with van der Waals surface area (Å²) < 4.78 is 9.54. The molecule has 6 aromatic heterocycles. The summed E-state index contributed by atoms with van der Waals surface area (Å²) in [4.78, 5) is 11.4. The van der Waals surface area contributed by atoms with Gasteiger partial charge in [0.15, 0.2) is 5.82 Å². The summed E-state index contributed by atoms with van der Waals surface area (Å²) in [6.07, 6.45) is 0. The van der Waals surface area contributed by atoms with Gasteiger partial charge in [-0.1, -0.05) is 140 Å². The van der Waals surface area contributed by atoms with Gasteiger partial charge in [-0.25, -0.2) is 4.98 Å². The Hall–Kier alpha value is -7.80. The third kappa shape index (κ3) is 3.74. The number of aromatic nitrogens is 5. The van der Waals surface area contributed by atoms with Crippen LogP contribution in [0, 0.1) is 0 Å². The zero-order valence-electron chi connectivity index (χ0n) is 31.9. The van der Waals surface area contributed by atoms with Crippen molar-refractivity contribution in [3.05, 3.63) is 176 Å². The number of rotatable bonds is 2. The lowest BCUT2D eigenvalue weighted by molar-refractivity contribution is 0.977. The van der Waals surface area contributed by atoms with E-state index in [4.69, 9.17) is 9.97 Å². The molecule has 0 aliphatic rings. The first-order chi connectivity index (χ1) is 29.8. The van der Waals surface area contributed by atoms with Crippen molar-refractivity contribution in [3.63, 3.8) is 0 Å². The van der Waals surface area contributed by atoms with Gasteiger partial charge in [0.05, 0.1) is 48.8 Å². The minimum absolute atomic E-state index is 0.659. The first-order valence-electron chi connectivity index (χ1n) is 20.4. The van der Waals surface area contributed by atoms with E-state index >= 15 is 0 Å². The predicted molar refractivity (Wildman–Crippen MR) is 253 cm³/mol. The van der Waals surface area contributed by atoms with Gasteiger partial charge in [0.1, 0.15) is 0 Å². The Morgan fingerprint density at radius 1 is 0.367 bits per heavy atom. The molecule has 0 N–H and O–H groups in total. The van der Waals surface area contributed by atoms with E-state index in [1.54, 1.807) is 11.3 Å². The van der Waals surface area contributed by atoms with Crippen molar-refractivity contribution >= 4 is 135 Å². The number of hydrogen-bond donors (Lipinski definition) is 0. The number of para-hydroxylation sites is 3. The molecule has 0 unspecified atom stereocenters. The van der Waals surface area contributed by atoms with Crippen LogP contribution in [0.25, 0.3) is 135 Å². The van der Waals surface area contributed by atoms with Gasteiger partial charge in [-0.05, 0) is 52.6 Å². The van der Waals surface area contributed by atoms with Crippen LogP contribution in [-0.2, 0) is 0 Å². The van der Waals surface area contributed by atoms with Gasteiger partial charge in [0.2, 0.25) is 5.95 Å². The third-order valence-corrected chi connectivity index (χ3v) is 14.3. The maximum absolute atomic E-state index is 5.79. The fraction of sp³-hybridized carbons (Fsp3) is 0. The molecule has 0 bridgehead atoms. The Bertz CT molecular complexity index is 4370. The van der Waals surface area contributed by atoms with E-state index in [-0.39, 0.29) is 0 Å². The van der Waals surface area contributed by atoms with Crippen LogP contribution in [0.15, 0.2) is 176 Å². The summed E-state index contributed by atoms with van der Waals surface area (Å²) in [7, 11) is 0. The molecule has 15 rings (SSSR count). The molecule has 0 atom stereocenters. The predicted octanol–water partition coefficient (Wildman–Crippen LogP) is 14.5. The Morgan fingerprint density at radius 3 is 1.78 bits per heavy atom. The molecule has 9 aromatic carbocycles. The normalized spacial score (nSPS) is 12.7. The summed E-state index contributed by atoms with van der Waals surface area (Å²) in [5, 5.41) is 15.9. The molecule has 0 radical (unpaired) electrons. The molecule has 5 nitrogen and oxygen atoms in total. The van der Waals surface area contributed by atoms with E-state index in [1.807, 2.05) is 0 Å². The number of fused-ring (bicyclic) bond motifs is 20. The van der Waals surface area contributed by atoms with Crippen molar-refractivity contribution < 1.29 is 0 Å². The second kappa shape index (κ2) is 11.0. The molecular formula is C54H29N5S. The Morgan fingerprint density at radius 2 is 0.967 bits per heavy atom. The van der Waals surface area contributed by atoms with Gasteiger partial charge >= 0.3 is 0 Å². The third-order valence-electron chi connectivity index (χ3n) is 13.1. The van der Waals surface area contributed by atoms with E-state index in [2.05, 4.69) is 189 Å². The van der Waals surface area contributed by atoms with Crippen LogP contribution in [0.5, 0.6) is 0 Å². The molecule has 0 saturated heterocycles. The van der Waals surface area contributed by atoms with Crippen molar-refractivity contribution in [1.29, 1.82) is 0 Å². The van der Waals surface area contributed by atoms with Crippen LogP contribution < -0.4 is 0 Å². The zero-order chi connectivity index (χ0) is 38.8. The highest BCUT2D eigenvalue weighted by Crippen LogP contribution is 2.49. The summed E-state index contributed by atoms with van der Waals surface area (Å²) in [6, 6.07) is 64.2. The van der Waals surface area contributed by atoms with Crippen molar-refractivity contribution in [3.8, 4) is 11.8 Å². The highest BCUT2D eigenvalue weighted by molar-refractivity contribution is 7.26. The number of nitrogens with zero attached hydrogens (tertiary/aromatic N) is 5. The minimum atomic E-state index is 0.659. The number of thiophene rings is 1. The maximum Gasteiger partial charge on any atom is 0.237 e. The molecule has 6 heterocycles. The Labute approximate surface area is 344 Å². The summed E-state index contributed by atoms with van der Waals surface area (Å²) >= 11 is 1.78. The number of hydrogen-bond acceptors (Lipinski definition) is 3. The van der Waals surface area contributed by atoms with Gasteiger partial charge in [0, 0.05) is 58.6 Å². The smallest absolute Gasteiger partial charge is 0.237 e. The summed E-state index contributed by atoms with van der Waals surface area (Å²) in [5.74, 6) is 1.55. The van der Waals surface area contributed by atoms with Crippen molar-refractivity contribution in [2.75, 3.05) is 0 Å². The lowest BCUT2D eigenvalue weighted by Gasteiger charge is -2.13. The molecule has 0 saturated carbocycles. The first kappa shape index (κ1) is 31.2. The van der Waals surface area contributed by atoms with Gasteiger partial charge in [-0.15, -0.1) is 11.3 Å². The largest absolute Gasteiger partial charge is 0.307 e. The summed E-state index contributed by atoms with van der Waals surface area (Å²) in [5.41, 5.74) is 9.14. The van der Waals surface area contributed by atoms with E-state index in [9.17, 15) is 0 Å². The molecule has 60 heavy (non-hydrogen) atoms. The summed E-state index contributed by atoms with van der Waals surface area (Å²) in [6.45, 7) is 0. The minimum Gasteiger partial charge on any atom is -0.307 e. The van der Waals surface area contributed by atoms with E-state index < -0.39 is 0 Å². The van der Waals surface area contributed by atoms with Crippen molar-refractivity contribution in [2.24, 2.45) is 0 Å². The lowest BCUT2D eigenvalue weighted by atomic mass is 10.0. The molecule has 0 amide bonds. The molecule has 0 fully saturated rings. The van der Waals surface area contributed by atoms with Crippen LogP contribution in [0.3, 0.4) is 0 Å². The van der Waals surface area contributed by atoms with Crippen molar-refractivity contribution in [1.82, 2.24) is 23.5 Å². The van der Waals surface area contributed by atoms with Gasteiger partial charge in [-0.2, -0.15) is 4.98 Å². The first-order valence-corrected chi connectivity index (χ1v) is 21.2. The lowest BCUT2D eigenvalue weighted by Crippen LogP contribution is -2.06. The monoisotopic (exact) mass is 779 g/mol. The van der Waals surface area contributed by atoms with E-state index in [0.29, 0.717) is 5.95 Å². The fourth-order valence-electron chi connectivity index (χ4n) is 10.7. The highest BCUT2D eigenvalue weighted by Gasteiger charge is 2.28. The topological polar surface area (TPSA) is 40.0 Å². The molecule has 0 aliphatic carbocycles. The van der Waals surface area contributed by atoms with Crippen LogP contribution in [0.1, 0.15) is 0 Å². The van der Waals surface area contributed by atoms with Gasteiger partial charge in [-0.3, -0.25) is 9.13 Å². The zero-order valence-corrected chi connectivity index (χ0v) is 32.7. The highest BCUT2D eigenvalue weighted by atomic mass is 32.1. The van der Waals surface area contributed by atoms with Crippen LogP contribution in [0.2, 0.25) is 0 Å². The van der Waals surface area contributed by atoms with Crippen LogP contribution in [0.4, 0.5) is 0 Å². The molecule has 276 valence electrons. The fourth-order valence-corrected chi connectivity index (χ4v) is 11.9. The molecule has 0 aliphatic heterocycles. The van der Waals surface area contributed by atoms with Gasteiger partial charge < -0.3 is 4.40 Å². The van der Waals surface area contributed by atoms with Crippen LogP contribution >= 0.6 is 11.3 Å². The van der Waals surface area contributed by atoms with Crippen molar-refractivity contribution in [2.45, 2.75) is 0 Å². The maximum atomic E-state index is 5.79. The molecule has 0 spiro atoms. The average molecular weight is 780 g/mol. The standard InChI is InChI=1S/C54H29N5S/c1-3-15-32-30(13-1)26-28-44-46(32)36-18-6-10-22-42(36)57(44)54-55-48-38-20-8-12-24-45(38)60-52(48)53(56-54)59-41-21-9-5-17-34(41)39-29-40-35-27-25-31-14-2-4-16-33(31)49(35)58-43-23-11-7-19-37(43)47(50(40)58)51(39)59/h1-29H. The number of benzene rings is 9. The Kier molecular flexibility index (Phi) is 5.74. The molecule has 6 heteroatoms. The second-order valence-corrected chi connectivity index (χ2v) is 17.1. The van der Waals surface area contributed by atoms with E-state index in [0.717, 1.165) is 38.0 Å². The SMILES string of the molecule is c1ccc2c(c1)ccc1c2c2ccccc2n1-c1nc(-n2c3ccccc3c3cc4c5ccc6ccccc6c5n5c6ccccc6c(c32)c45)c2sc3ccccc3c2n1. The van der Waals surface area contributed by atoms with Gasteiger partial charge in [0.25, 0.3) is 0 Å². The quantitative estimate of drug-likeness (QED) is 0.175. The molecule has 15 aromatic rings. The second-order valence-electron chi connectivity index (χ2n) is 16.1. The average Bonchev–Trinajstić information content (AvgIpc) is 4.10.